The van der Waals surface area contributed by atoms with E-state index in [1.165, 1.54) is 11.0 Å². The van der Waals surface area contributed by atoms with Gasteiger partial charge in [-0.25, -0.2) is 4.39 Å². The smallest absolute Gasteiger partial charge is 0.255 e. The molecule has 0 bridgehead atoms. The van der Waals surface area contributed by atoms with E-state index in [2.05, 4.69) is 15.9 Å². The van der Waals surface area contributed by atoms with Crippen molar-refractivity contribution in [2.75, 3.05) is 7.05 Å². The molecule has 0 saturated carbocycles. The molecule has 0 aliphatic heterocycles. The van der Waals surface area contributed by atoms with E-state index in [4.69, 9.17) is 11.6 Å². The molecule has 2 aromatic rings. The number of hydrogen-bond acceptors (Lipinski definition) is 1. The molecule has 2 nitrogen and oxygen atoms in total. The first-order valence-corrected chi connectivity index (χ1v) is 7.10. The van der Waals surface area contributed by atoms with E-state index in [0.717, 1.165) is 4.47 Å². The van der Waals surface area contributed by atoms with Crippen LogP contribution in [-0.2, 0) is 6.54 Å². The molecule has 1 amide bonds. The molecule has 2 aromatic carbocycles. The summed E-state index contributed by atoms with van der Waals surface area (Å²) in [6.07, 6.45) is 0. The van der Waals surface area contributed by atoms with Crippen LogP contribution in [0.4, 0.5) is 4.39 Å². The van der Waals surface area contributed by atoms with Crippen molar-refractivity contribution >= 4 is 33.4 Å². The molecule has 0 radical (unpaired) electrons. The third kappa shape index (κ3) is 3.38. The maximum absolute atomic E-state index is 13.6. The molecular weight excluding hydrogens is 345 g/mol. The second-order valence-corrected chi connectivity index (χ2v) is 5.70. The fraction of sp³-hybridized carbons (Fsp3) is 0.133. The number of carbonyl (C=O) groups excluding carboxylic acids is 1. The number of amides is 1. The minimum atomic E-state index is -0.326. The zero-order chi connectivity index (χ0) is 14.7. The largest absolute Gasteiger partial charge is 0.337 e. The minimum Gasteiger partial charge on any atom is -0.337 e. The Hall–Kier alpha value is -1.39. The molecule has 0 atom stereocenters. The van der Waals surface area contributed by atoms with E-state index >= 15 is 0 Å². The van der Waals surface area contributed by atoms with Crippen molar-refractivity contribution in [3.05, 3.63) is 68.9 Å². The number of carbonyl (C=O) groups is 1. The van der Waals surface area contributed by atoms with E-state index in [1.54, 1.807) is 43.4 Å². The summed E-state index contributed by atoms with van der Waals surface area (Å²) in [6, 6.07) is 11.4. The third-order valence-electron chi connectivity index (χ3n) is 2.87. The fourth-order valence-corrected chi connectivity index (χ4v) is 2.38. The Morgan fingerprint density at radius 3 is 2.70 bits per heavy atom. The Bertz CT molecular complexity index is 648. The summed E-state index contributed by atoms with van der Waals surface area (Å²) in [6.45, 7) is 0.189. The molecule has 0 unspecified atom stereocenters. The molecule has 2 rings (SSSR count). The van der Waals surface area contributed by atoms with Crippen LogP contribution in [0.25, 0.3) is 0 Å². The maximum atomic E-state index is 13.6. The van der Waals surface area contributed by atoms with Crippen LogP contribution >= 0.6 is 27.5 Å². The Morgan fingerprint density at radius 2 is 2.00 bits per heavy atom. The maximum Gasteiger partial charge on any atom is 0.255 e. The molecule has 0 aliphatic rings. The van der Waals surface area contributed by atoms with E-state index < -0.39 is 0 Å². The monoisotopic (exact) mass is 355 g/mol. The van der Waals surface area contributed by atoms with Gasteiger partial charge in [0, 0.05) is 23.6 Å². The van der Waals surface area contributed by atoms with Crippen LogP contribution in [0.3, 0.4) is 0 Å². The van der Waals surface area contributed by atoms with Gasteiger partial charge in [0.15, 0.2) is 0 Å². The standard InChI is InChI=1S/C15H12BrClFNO/c1-19(9-10-4-2-3-5-14(10)18)15(20)12-8-11(16)6-7-13(12)17/h2-8H,9H2,1H3. The summed E-state index contributed by atoms with van der Waals surface area (Å²) >= 11 is 9.33. The van der Waals surface area contributed by atoms with Crippen LogP contribution in [0.2, 0.25) is 5.02 Å². The quantitative estimate of drug-likeness (QED) is 0.792. The lowest BCUT2D eigenvalue weighted by Crippen LogP contribution is -2.26. The van der Waals surface area contributed by atoms with Gasteiger partial charge < -0.3 is 4.90 Å². The highest BCUT2D eigenvalue weighted by atomic mass is 79.9. The van der Waals surface area contributed by atoms with Crippen LogP contribution < -0.4 is 0 Å². The summed E-state index contributed by atoms with van der Waals surface area (Å²) in [7, 11) is 1.62. The van der Waals surface area contributed by atoms with Crippen LogP contribution in [0.5, 0.6) is 0 Å². The Balaban J connectivity index is 2.21. The molecule has 0 fully saturated rings. The summed E-state index contributed by atoms with van der Waals surface area (Å²) < 4.78 is 14.4. The van der Waals surface area contributed by atoms with Crippen molar-refractivity contribution in [1.29, 1.82) is 0 Å². The van der Waals surface area contributed by atoms with Crippen LogP contribution in [0.1, 0.15) is 15.9 Å². The predicted molar refractivity (Wildman–Crippen MR) is 81.3 cm³/mol. The molecule has 0 saturated heterocycles. The SMILES string of the molecule is CN(Cc1ccccc1F)C(=O)c1cc(Br)ccc1Cl. The average molecular weight is 357 g/mol. The lowest BCUT2D eigenvalue weighted by molar-refractivity contribution is 0.0784. The van der Waals surface area contributed by atoms with Gasteiger partial charge in [0.25, 0.3) is 5.91 Å². The highest BCUT2D eigenvalue weighted by molar-refractivity contribution is 9.10. The van der Waals surface area contributed by atoms with Gasteiger partial charge >= 0.3 is 0 Å². The molecule has 0 N–H and O–H groups in total. The first-order valence-electron chi connectivity index (χ1n) is 5.93. The lowest BCUT2D eigenvalue weighted by Gasteiger charge is -2.18. The van der Waals surface area contributed by atoms with E-state index in [-0.39, 0.29) is 18.3 Å². The average Bonchev–Trinajstić information content (AvgIpc) is 2.43. The van der Waals surface area contributed by atoms with Crippen molar-refractivity contribution in [2.24, 2.45) is 0 Å². The first-order chi connectivity index (χ1) is 9.49. The van der Waals surface area contributed by atoms with Crippen molar-refractivity contribution in [3.63, 3.8) is 0 Å². The number of hydrogen-bond donors (Lipinski definition) is 0. The van der Waals surface area contributed by atoms with E-state index in [9.17, 15) is 9.18 Å². The summed E-state index contributed by atoms with van der Waals surface area (Å²) in [5.41, 5.74) is 0.856. The first kappa shape index (κ1) is 15.0. The van der Waals surface area contributed by atoms with Gasteiger partial charge in [-0.2, -0.15) is 0 Å². The second kappa shape index (κ2) is 6.37. The number of benzene rings is 2. The van der Waals surface area contributed by atoms with Crippen molar-refractivity contribution in [3.8, 4) is 0 Å². The lowest BCUT2D eigenvalue weighted by atomic mass is 10.1. The van der Waals surface area contributed by atoms with Gasteiger partial charge in [0.1, 0.15) is 5.82 Å². The number of halogens is 3. The zero-order valence-electron chi connectivity index (χ0n) is 10.7. The minimum absolute atomic E-state index is 0.189. The number of rotatable bonds is 3. The summed E-state index contributed by atoms with van der Waals surface area (Å²) in [4.78, 5) is 13.8. The van der Waals surface area contributed by atoms with Gasteiger partial charge in [0.05, 0.1) is 10.6 Å². The molecule has 0 aliphatic carbocycles. The Labute approximate surface area is 130 Å². The van der Waals surface area contributed by atoms with Gasteiger partial charge in [-0.1, -0.05) is 45.7 Å². The Kier molecular flexibility index (Phi) is 4.78. The highest BCUT2D eigenvalue weighted by Crippen LogP contribution is 2.23. The van der Waals surface area contributed by atoms with Crippen LogP contribution in [0.15, 0.2) is 46.9 Å². The summed E-state index contributed by atoms with van der Waals surface area (Å²) in [5.74, 6) is -0.577. The topological polar surface area (TPSA) is 20.3 Å². The van der Waals surface area contributed by atoms with Crippen LogP contribution in [-0.4, -0.2) is 17.9 Å². The van der Waals surface area contributed by atoms with E-state index in [0.29, 0.717) is 16.1 Å². The normalized spacial score (nSPS) is 10.4. The zero-order valence-corrected chi connectivity index (χ0v) is 13.1. The van der Waals surface area contributed by atoms with Crippen molar-refractivity contribution in [2.45, 2.75) is 6.54 Å². The molecule has 0 spiro atoms. The van der Waals surface area contributed by atoms with E-state index in [1.807, 2.05) is 0 Å². The van der Waals surface area contributed by atoms with Gasteiger partial charge in [-0.3, -0.25) is 4.79 Å². The molecule has 5 heteroatoms. The molecule has 20 heavy (non-hydrogen) atoms. The second-order valence-electron chi connectivity index (χ2n) is 4.38. The molecular formula is C15H12BrClFNO. The van der Waals surface area contributed by atoms with Crippen molar-refractivity contribution < 1.29 is 9.18 Å². The Morgan fingerprint density at radius 1 is 1.30 bits per heavy atom. The van der Waals surface area contributed by atoms with Gasteiger partial charge in [-0.05, 0) is 24.3 Å². The third-order valence-corrected chi connectivity index (χ3v) is 3.69. The van der Waals surface area contributed by atoms with Gasteiger partial charge in [0.2, 0.25) is 0 Å². The highest BCUT2D eigenvalue weighted by Gasteiger charge is 2.16. The molecule has 104 valence electrons. The van der Waals surface area contributed by atoms with Crippen LogP contribution in [0, 0.1) is 5.82 Å². The molecule has 0 heterocycles. The van der Waals surface area contributed by atoms with Gasteiger partial charge in [-0.15, -0.1) is 0 Å². The fourth-order valence-electron chi connectivity index (χ4n) is 1.82. The predicted octanol–water partition coefficient (Wildman–Crippen LogP) is 4.51. The van der Waals surface area contributed by atoms with Crippen molar-refractivity contribution in [1.82, 2.24) is 4.90 Å². The summed E-state index contributed by atoms with van der Waals surface area (Å²) in [5, 5.41) is 0.374. The molecule has 0 aromatic heterocycles. The number of nitrogens with zero attached hydrogens (tertiary/aromatic N) is 1.